The Morgan fingerprint density at radius 1 is 1.45 bits per heavy atom. The quantitative estimate of drug-likeness (QED) is 0.749. The molecule has 0 bridgehead atoms. The molecule has 3 rings (SSSR count). The van der Waals surface area contributed by atoms with Gasteiger partial charge in [0.1, 0.15) is 12.2 Å². The Kier molecular flexibility index (Phi) is 4.36. The van der Waals surface area contributed by atoms with Gasteiger partial charge in [-0.3, -0.25) is 5.10 Å². The van der Waals surface area contributed by atoms with Crippen LogP contribution in [0.3, 0.4) is 0 Å². The Morgan fingerprint density at radius 3 is 3.00 bits per heavy atom. The number of aromatic amines is 1. The summed E-state index contributed by atoms with van der Waals surface area (Å²) in [7, 11) is 0. The molecule has 2 unspecified atom stereocenters. The molecule has 0 aliphatic heterocycles. The molecular formula is C15H26N4O. The van der Waals surface area contributed by atoms with Crippen LogP contribution in [-0.2, 0) is 11.2 Å². The van der Waals surface area contributed by atoms with Gasteiger partial charge in [-0.1, -0.05) is 12.8 Å². The average molecular weight is 278 g/mol. The number of aryl methyl sites for hydroxylation is 1. The van der Waals surface area contributed by atoms with Gasteiger partial charge in [0.05, 0.1) is 6.10 Å². The van der Waals surface area contributed by atoms with Crippen LogP contribution in [0.15, 0.2) is 6.33 Å². The minimum atomic E-state index is 0.447. The first-order valence-electron chi connectivity index (χ1n) is 8.04. The lowest BCUT2D eigenvalue weighted by Gasteiger charge is -2.54. The van der Waals surface area contributed by atoms with Gasteiger partial charge in [-0.25, -0.2) is 4.98 Å². The fourth-order valence-corrected chi connectivity index (χ4v) is 4.06. The third-order valence-electron chi connectivity index (χ3n) is 5.13. The van der Waals surface area contributed by atoms with Crippen LogP contribution in [0.2, 0.25) is 0 Å². The highest BCUT2D eigenvalue weighted by molar-refractivity contribution is 5.09. The molecule has 20 heavy (non-hydrogen) atoms. The van der Waals surface area contributed by atoms with Crippen molar-refractivity contribution >= 4 is 0 Å². The van der Waals surface area contributed by atoms with E-state index < -0.39 is 0 Å². The van der Waals surface area contributed by atoms with Crippen molar-refractivity contribution in [2.75, 3.05) is 13.2 Å². The van der Waals surface area contributed by atoms with E-state index in [2.05, 4.69) is 27.4 Å². The summed E-state index contributed by atoms with van der Waals surface area (Å²) in [6, 6.07) is 0.663. The predicted molar refractivity (Wildman–Crippen MR) is 77.4 cm³/mol. The number of aromatic nitrogens is 3. The summed E-state index contributed by atoms with van der Waals surface area (Å²) in [4.78, 5) is 4.16. The molecule has 2 aliphatic rings. The molecule has 0 radical (unpaired) electrons. The van der Waals surface area contributed by atoms with Crippen molar-refractivity contribution in [1.82, 2.24) is 20.5 Å². The molecule has 1 aromatic heterocycles. The van der Waals surface area contributed by atoms with E-state index in [1.54, 1.807) is 6.33 Å². The molecule has 1 heterocycles. The van der Waals surface area contributed by atoms with E-state index in [9.17, 15) is 0 Å². The molecule has 0 aromatic carbocycles. The lowest BCUT2D eigenvalue weighted by atomic mass is 9.60. The zero-order chi connectivity index (χ0) is 13.8. The van der Waals surface area contributed by atoms with Crippen molar-refractivity contribution in [2.45, 2.75) is 64.0 Å². The van der Waals surface area contributed by atoms with Gasteiger partial charge in [-0.2, -0.15) is 5.10 Å². The molecule has 5 heteroatoms. The van der Waals surface area contributed by atoms with Crippen molar-refractivity contribution < 1.29 is 4.74 Å². The molecule has 0 saturated heterocycles. The summed E-state index contributed by atoms with van der Waals surface area (Å²) < 4.78 is 5.95. The number of rotatable bonds is 7. The third kappa shape index (κ3) is 2.61. The number of nitrogens with one attached hydrogen (secondary N) is 2. The first-order valence-corrected chi connectivity index (χ1v) is 8.04. The van der Waals surface area contributed by atoms with Crippen LogP contribution in [0.5, 0.6) is 0 Å². The van der Waals surface area contributed by atoms with Crippen LogP contribution in [0.25, 0.3) is 0 Å². The summed E-state index contributed by atoms with van der Waals surface area (Å²) in [5.74, 6) is 0.989. The zero-order valence-electron chi connectivity index (χ0n) is 12.4. The molecule has 5 nitrogen and oxygen atoms in total. The normalized spacial score (nSPS) is 27.9. The monoisotopic (exact) mass is 278 g/mol. The van der Waals surface area contributed by atoms with Gasteiger partial charge in [-0.05, 0) is 39.2 Å². The molecule has 2 saturated carbocycles. The Bertz CT molecular complexity index is 400. The van der Waals surface area contributed by atoms with Crippen molar-refractivity contribution in [1.29, 1.82) is 0 Å². The largest absolute Gasteiger partial charge is 0.378 e. The molecule has 112 valence electrons. The van der Waals surface area contributed by atoms with E-state index in [1.165, 1.54) is 32.1 Å². The lowest BCUT2D eigenvalue weighted by molar-refractivity contribution is -0.130. The van der Waals surface area contributed by atoms with Crippen molar-refractivity contribution in [3.05, 3.63) is 12.2 Å². The van der Waals surface area contributed by atoms with Gasteiger partial charge in [0, 0.05) is 24.5 Å². The molecular weight excluding hydrogens is 252 g/mol. The van der Waals surface area contributed by atoms with Crippen LogP contribution >= 0.6 is 0 Å². The second-order valence-corrected chi connectivity index (χ2v) is 6.16. The van der Waals surface area contributed by atoms with Crippen molar-refractivity contribution in [3.8, 4) is 0 Å². The van der Waals surface area contributed by atoms with Gasteiger partial charge >= 0.3 is 0 Å². The number of H-pyrrole nitrogens is 1. The van der Waals surface area contributed by atoms with Gasteiger partial charge in [0.2, 0.25) is 0 Å². The average Bonchev–Trinajstić information content (AvgIpc) is 3.12. The van der Waals surface area contributed by atoms with Gasteiger partial charge < -0.3 is 10.1 Å². The maximum atomic E-state index is 5.95. The Hall–Kier alpha value is -0.940. The number of hydrogen-bond acceptors (Lipinski definition) is 4. The van der Waals surface area contributed by atoms with E-state index in [4.69, 9.17) is 4.74 Å². The fourth-order valence-electron chi connectivity index (χ4n) is 4.06. The summed E-state index contributed by atoms with van der Waals surface area (Å²) in [5.41, 5.74) is 0.447. The van der Waals surface area contributed by atoms with E-state index in [0.29, 0.717) is 17.6 Å². The number of ether oxygens (including phenoxy) is 1. The Balaban J connectivity index is 1.43. The third-order valence-corrected chi connectivity index (χ3v) is 5.13. The first-order chi connectivity index (χ1) is 9.85. The summed E-state index contributed by atoms with van der Waals surface area (Å²) >= 11 is 0. The second kappa shape index (κ2) is 6.22. The van der Waals surface area contributed by atoms with E-state index in [0.717, 1.165) is 31.8 Å². The highest BCUT2D eigenvalue weighted by Gasteiger charge is 2.56. The highest BCUT2D eigenvalue weighted by Crippen LogP contribution is 2.54. The predicted octanol–water partition coefficient (Wildman–Crippen LogP) is 2.06. The summed E-state index contributed by atoms with van der Waals surface area (Å²) in [6.07, 6.45) is 10.8. The maximum absolute atomic E-state index is 5.95. The lowest BCUT2D eigenvalue weighted by Crippen LogP contribution is -2.62. The van der Waals surface area contributed by atoms with Crippen molar-refractivity contribution in [3.63, 3.8) is 0 Å². The molecule has 2 N–H and O–H groups in total. The minimum Gasteiger partial charge on any atom is -0.378 e. The summed E-state index contributed by atoms with van der Waals surface area (Å²) in [6.45, 7) is 4.03. The topological polar surface area (TPSA) is 62.8 Å². The SMILES string of the molecule is CCOC1CC(NCCCc2ncn[nH]2)C12CCCC2. The molecule has 0 amide bonds. The van der Waals surface area contributed by atoms with Gasteiger partial charge in [-0.15, -0.1) is 0 Å². The van der Waals surface area contributed by atoms with Gasteiger partial charge in [0.15, 0.2) is 0 Å². The zero-order valence-corrected chi connectivity index (χ0v) is 12.4. The van der Waals surface area contributed by atoms with E-state index >= 15 is 0 Å². The number of nitrogens with zero attached hydrogens (tertiary/aromatic N) is 2. The van der Waals surface area contributed by atoms with Crippen LogP contribution in [0, 0.1) is 5.41 Å². The van der Waals surface area contributed by atoms with Crippen LogP contribution in [0.4, 0.5) is 0 Å². The summed E-state index contributed by atoms with van der Waals surface area (Å²) in [5, 5.41) is 10.6. The highest BCUT2D eigenvalue weighted by atomic mass is 16.5. The maximum Gasteiger partial charge on any atom is 0.137 e. The standard InChI is InChI=1S/C15H26N4O/c1-2-20-13-10-12(15(13)7-3-4-8-15)16-9-5-6-14-17-11-18-19-14/h11-13,16H,2-10H2,1H3,(H,17,18,19). The molecule has 2 atom stereocenters. The van der Waals surface area contributed by atoms with Crippen molar-refractivity contribution in [2.24, 2.45) is 5.41 Å². The Morgan fingerprint density at radius 2 is 2.30 bits per heavy atom. The molecule has 1 spiro atoms. The van der Waals surface area contributed by atoms with E-state index in [-0.39, 0.29) is 0 Å². The Labute approximate surface area is 120 Å². The second-order valence-electron chi connectivity index (χ2n) is 6.16. The molecule has 2 aliphatic carbocycles. The van der Waals surface area contributed by atoms with Crippen LogP contribution in [0.1, 0.15) is 51.3 Å². The van der Waals surface area contributed by atoms with Gasteiger partial charge in [0.25, 0.3) is 0 Å². The van der Waals surface area contributed by atoms with Crippen LogP contribution in [-0.4, -0.2) is 40.5 Å². The van der Waals surface area contributed by atoms with Crippen LogP contribution < -0.4 is 5.32 Å². The smallest absolute Gasteiger partial charge is 0.137 e. The molecule has 1 aromatic rings. The fraction of sp³-hybridized carbons (Fsp3) is 0.867. The molecule has 2 fully saturated rings. The van der Waals surface area contributed by atoms with E-state index in [1.807, 2.05) is 0 Å². The minimum absolute atomic E-state index is 0.447. The first kappa shape index (κ1) is 14.0. The number of hydrogen-bond donors (Lipinski definition) is 2.